The van der Waals surface area contributed by atoms with Crippen LogP contribution in [0.5, 0.6) is 0 Å². The molecule has 0 saturated carbocycles. The molecule has 0 bridgehead atoms. The molecule has 0 aliphatic carbocycles. The van der Waals surface area contributed by atoms with E-state index in [1.807, 2.05) is 0 Å². The van der Waals surface area contributed by atoms with Crippen molar-refractivity contribution < 1.29 is 52.2 Å². The van der Waals surface area contributed by atoms with Crippen LogP contribution in [0, 0.1) is 0 Å². The first kappa shape index (κ1) is 70.0. The van der Waals surface area contributed by atoms with Crippen molar-refractivity contribution in [2.75, 3.05) is 26.4 Å². The van der Waals surface area contributed by atoms with Crippen molar-refractivity contribution in [3.05, 3.63) is 24.3 Å². The van der Waals surface area contributed by atoms with Crippen molar-refractivity contribution in [1.82, 2.24) is 0 Å². The molecular weight excluding hydrogens is 928 g/mol. The lowest BCUT2D eigenvalue weighted by Gasteiger charge is -2.21. The fourth-order valence-corrected chi connectivity index (χ4v) is 9.48. The van der Waals surface area contributed by atoms with E-state index in [0.29, 0.717) is 19.3 Å². The smallest absolute Gasteiger partial charge is 0.462 e. The van der Waals surface area contributed by atoms with Crippen LogP contribution in [-0.4, -0.2) is 66.5 Å². The van der Waals surface area contributed by atoms with Crippen LogP contribution >= 0.6 is 7.82 Å². The molecule has 12 heteroatoms. The number of phosphoric acid groups is 1. The molecule has 0 saturated heterocycles. The van der Waals surface area contributed by atoms with Gasteiger partial charge in [0.1, 0.15) is 12.7 Å². The van der Waals surface area contributed by atoms with E-state index >= 15 is 0 Å². The van der Waals surface area contributed by atoms with Gasteiger partial charge in [-0.25, -0.2) is 4.57 Å². The van der Waals surface area contributed by atoms with E-state index in [0.717, 1.165) is 64.2 Å². The maximum atomic E-state index is 12.9. The van der Waals surface area contributed by atoms with Crippen LogP contribution in [0.25, 0.3) is 0 Å². The molecule has 2 N–H and O–H groups in total. The minimum Gasteiger partial charge on any atom is -0.462 e. The van der Waals surface area contributed by atoms with Gasteiger partial charge in [-0.2, -0.15) is 0 Å². The molecule has 11 nitrogen and oxygen atoms in total. The number of allylic oxidation sites excluding steroid dienone is 4. The van der Waals surface area contributed by atoms with Crippen molar-refractivity contribution in [3.63, 3.8) is 0 Å². The molecule has 0 aliphatic heterocycles. The van der Waals surface area contributed by atoms with Crippen molar-refractivity contribution in [1.29, 1.82) is 0 Å². The van der Waals surface area contributed by atoms with Gasteiger partial charge >= 0.3 is 25.7 Å². The highest BCUT2D eigenvalue weighted by Crippen LogP contribution is 2.43. The molecule has 3 atom stereocenters. The Morgan fingerprint density at radius 3 is 0.958 bits per heavy atom. The zero-order valence-corrected chi connectivity index (χ0v) is 47.8. The Balaban J connectivity index is 4.67. The number of aliphatic hydroxyl groups is 1. The average molecular weight is 1040 g/mol. The van der Waals surface area contributed by atoms with Gasteiger partial charge in [0.25, 0.3) is 0 Å². The van der Waals surface area contributed by atoms with Crippen molar-refractivity contribution in [2.24, 2.45) is 0 Å². The summed E-state index contributed by atoms with van der Waals surface area (Å²) in [4.78, 5) is 48.5. The molecule has 0 rings (SSSR count). The van der Waals surface area contributed by atoms with Crippen LogP contribution in [0.2, 0.25) is 0 Å². The normalized spacial score (nSPS) is 13.5. The van der Waals surface area contributed by atoms with Gasteiger partial charge in [-0.05, 0) is 70.6 Å². The van der Waals surface area contributed by atoms with Gasteiger partial charge < -0.3 is 24.2 Å². The summed E-state index contributed by atoms with van der Waals surface area (Å²) in [6, 6.07) is 0. The van der Waals surface area contributed by atoms with Gasteiger partial charge in [0, 0.05) is 19.3 Å². The Kier molecular flexibility index (Phi) is 53.6. The molecule has 3 unspecified atom stereocenters. The second kappa shape index (κ2) is 55.2. The lowest BCUT2D eigenvalue weighted by atomic mass is 10.1. The van der Waals surface area contributed by atoms with Gasteiger partial charge in [0.15, 0.2) is 6.10 Å². The van der Waals surface area contributed by atoms with E-state index in [1.54, 1.807) is 0 Å². The van der Waals surface area contributed by atoms with Crippen molar-refractivity contribution >= 4 is 25.7 Å². The third-order valence-electron chi connectivity index (χ3n) is 13.3. The van der Waals surface area contributed by atoms with E-state index in [1.165, 1.54) is 180 Å². The second-order valence-electron chi connectivity index (χ2n) is 20.5. The van der Waals surface area contributed by atoms with E-state index in [-0.39, 0.29) is 25.9 Å². The van der Waals surface area contributed by atoms with Crippen LogP contribution in [0.3, 0.4) is 0 Å². The zero-order chi connectivity index (χ0) is 52.7. The largest absolute Gasteiger partial charge is 0.472 e. The van der Waals surface area contributed by atoms with E-state index in [4.69, 9.17) is 23.3 Å². The molecule has 0 heterocycles. The second-order valence-corrected chi connectivity index (χ2v) is 22.0. The molecule has 0 spiro atoms. The molecule has 0 aromatic carbocycles. The highest BCUT2D eigenvalue weighted by Gasteiger charge is 2.28. The Bertz CT molecular complexity index is 1310. The first-order valence-corrected chi connectivity index (χ1v) is 31.7. The predicted octanol–water partition coefficient (Wildman–Crippen LogP) is 17.8. The highest BCUT2D eigenvalue weighted by molar-refractivity contribution is 7.47. The van der Waals surface area contributed by atoms with Crippen LogP contribution in [0.4, 0.5) is 0 Å². The summed E-state index contributed by atoms with van der Waals surface area (Å²) >= 11 is 0. The fourth-order valence-electron chi connectivity index (χ4n) is 8.70. The lowest BCUT2D eigenvalue weighted by Crippen LogP contribution is -2.30. The first-order valence-electron chi connectivity index (χ1n) is 30.2. The number of ether oxygens (including phenoxy) is 3. The van der Waals surface area contributed by atoms with Gasteiger partial charge in [0.05, 0.1) is 19.8 Å². The molecular formula is C60H113O11P. The maximum Gasteiger partial charge on any atom is 0.472 e. The average Bonchev–Trinajstić information content (AvgIpc) is 3.37. The minimum absolute atomic E-state index is 0.169. The van der Waals surface area contributed by atoms with E-state index < -0.39 is 57.8 Å². The summed E-state index contributed by atoms with van der Waals surface area (Å²) in [5.41, 5.74) is 0. The number of esters is 3. The Labute approximate surface area is 442 Å². The summed E-state index contributed by atoms with van der Waals surface area (Å²) in [7, 11) is -4.74. The quantitative estimate of drug-likeness (QED) is 0.0197. The number of hydrogen-bond acceptors (Lipinski definition) is 10. The van der Waals surface area contributed by atoms with Crippen molar-refractivity contribution in [2.45, 2.75) is 315 Å². The summed E-state index contributed by atoms with van der Waals surface area (Å²) in [6.07, 6.45) is 55.7. The number of carbonyl (C=O) groups excluding carboxylic acids is 3. The number of aliphatic hydroxyl groups excluding tert-OH is 1. The first-order chi connectivity index (χ1) is 35.2. The number of carbonyl (C=O) groups is 3. The van der Waals surface area contributed by atoms with Gasteiger partial charge in [-0.3, -0.25) is 23.4 Å². The molecule has 0 aliphatic rings. The van der Waals surface area contributed by atoms with Gasteiger partial charge in [0.2, 0.25) is 0 Å². The Morgan fingerprint density at radius 2 is 0.639 bits per heavy atom. The minimum atomic E-state index is -4.74. The van der Waals surface area contributed by atoms with E-state index in [9.17, 15) is 28.9 Å². The van der Waals surface area contributed by atoms with Crippen LogP contribution in [0.1, 0.15) is 303 Å². The standard InChI is InChI=1S/C60H113O11P/c1-4-7-10-13-16-19-21-23-25-27-28-30-32-34-36-39-42-45-48-51-60(64)71-57(53-67-58(62)49-46-43-40-38-35-33-31-29-26-24-22-20-17-14-11-8-5-2)55-69-72(65,66)68-54-56(52-61)70-59(63)50-47-44-41-37-18-15-12-9-6-3/h23-26,56-57,61H,4-22,27-55H2,1-3H3,(H,65,66)/b25-23-,26-24-. The Morgan fingerprint density at radius 1 is 0.375 bits per heavy atom. The third kappa shape index (κ3) is 52.8. The number of rotatable bonds is 57. The van der Waals surface area contributed by atoms with Gasteiger partial charge in [-0.15, -0.1) is 0 Å². The van der Waals surface area contributed by atoms with Crippen LogP contribution in [-0.2, 0) is 42.2 Å². The molecule has 0 aromatic rings. The molecule has 424 valence electrons. The predicted molar refractivity (Wildman–Crippen MR) is 298 cm³/mol. The maximum absolute atomic E-state index is 12.9. The third-order valence-corrected chi connectivity index (χ3v) is 14.3. The van der Waals surface area contributed by atoms with Crippen molar-refractivity contribution in [3.8, 4) is 0 Å². The van der Waals surface area contributed by atoms with Crippen LogP contribution in [0.15, 0.2) is 24.3 Å². The zero-order valence-electron chi connectivity index (χ0n) is 46.9. The molecule has 0 fully saturated rings. The Hall–Kier alpha value is -2.04. The fraction of sp³-hybridized carbons (Fsp3) is 0.883. The number of hydrogen-bond donors (Lipinski definition) is 2. The van der Waals surface area contributed by atoms with Gasteiger partial charge in [-0.1, -0.05) is 238 Å². The topological polar surface area (TPSA) is 155 Å². The molecule has 72 heavy (non-hydrogen) atoms. The molecule has 0 amide bonds. The highest BCUT2D eigenvalue weighted by atomic mass is 31.2. The lowest BCUT2D eigenvalue weighted by molar-refractivity contribution is -0.161. The summed E-state index contributed by atoms with van der Waals surface area (Å²) in [5, 5.41) is 9.78. The molecule has 0 radical (unpaired) electrons. The van der Waals surface area contributed by atoms with Crippen LogP contribution < -0.4 is 0 Å². The molecule has 0 aromatic heterocycles. The summed E-state index contributed by atoms with van der Waals surface area (Å²) < 4.78 is 39.5. The summed E-state index contributed by atoms with van der Waals surface area (Å²) in [5.74, 6) is -1.45. The van der Waals surface area contributed by atoms with E-state index in [2.05, 4.69) is 45.1 Å². The summed E-state index contributed by atoms with van der Waals surface area (Å²) in [6.45, 7) is 4.66. The number of unbranched alkanes of at least 4 members (excludes halogenated alkanes) is 36. The SMILES string of the molecule is CCCCCCCC/C=C\CCCCCCCCCCCC(=O)OC(COC(=O)CCCCCCCCC/C=C\CCCCCCCC)COP(=O)(O)OCC(CO)OC(=O)CCCCCCCCCCC. The monoisotopic (exact) mass is 1040 g/mol. The number of phosphoric ester groups is 1.